The standard InChI is InChI=1S/C25H28N4O7S/c30-19(9-8-18-21(32)22(33)24(36-18)29-11-10-20(31)28-25(29)35)27-17(13-15-5-2-1-3-6-15)23(34)26-14-16-7-4-12-37-16/h1-7,10-12,17-18,21-22,24,32-33H,8-9,13-14H2,(H,26,34)(H,27,30)(H,28,31,35)/t17-,18-,21-,22-,24-/m1/s1. The third-order valence-electron chi connectivity index (χ3n) is 6.07. The Balaban J connectivity index is 1.36. The number of carbonyl (C=O) groups is 2. The number of amides is 2. The topological polar surface area (TPSA) is 163 Å². The molecule has 5 N–H and O–H groups in total. The van der Waals surface area contributed by atoms with E-state index in [0.29, 0.717) is 13.0 Å². The molecule has 0 unspecified atom stereocenters. The van der Waals surface area contributed by atoms with Gasteiger partial charge in [-0.15, -0.1) is 11.3 Å². The highest BCUT2D eigenvalue weighted by Crippen LogP contribution is 2.30. The van der Waals surface area contributed by atoms with E-state index in [1.807, 2.05) is 47.8 Å². The van der Waals surface area contributed by atoms with Gasteiger partial charge in [-0.25, -0.2) is 4.79 Å². The van der Waals surface area contributed by atoms with Gasteiger partial charge in [-0.05, 0) is 23.4 Å². The third-order valence-corrected chi connectivity index (χ3v) is 6.95. The number of benzene rings is 1. The minimum Gasteiger partial charge on any atom is -0.388 e. The Morgan fingerprint density at radius 3 is 2.57 bits per heavy atom. The van der Waals surface area contributed by atoms with Gasteiger partial charge in [0.15, 0.2) is 6.23 Å². The smallest absolute Gasteiger partial charge is 0.330 e. The molecule has 3 heterocycles. The molecule has 0 radical (unpaired) electrons. The van der Waals surface area contributed by atoms with Gasteiger partial charge in [0.05, 0.1) is 12.6 Å². The van der Waals surface area contributed by atoms with Crippen molar-refractivity contribution in [3.63, 3.8) is 0 Å². The summed E-state index contributed by atoms with van der Waals surface area (Å²) in [6.45, 7) is 0.350. The predicted molar refractivity (Wildman–Crippen MR) is 135 cm³/mol. The Bertz CT molecular complexity index is 1310. The normalized spacial score (nSPS) is 21.9. The summed E-state index contributed by atoms with van der Waals surface area (Å²) in [6.07, 6.45) is -3.55. The first-order valence-electron chi connectivity index (χ1n) is 11.8. The largest absolute Gasteiger partial charge is 0.388 e. The highest BCUT2D eigenvalue weighted by Gasteiger charge is 2.44. The molecule has 1 saturated heterocycles. The second-order valence-electron chi connectivity index (χ2n) is 8.71. The van der Waals surface area contributed by atoms with Gasteiger partial charge in [0.25, 0.3) is 5.56 Å². The fourth-order valence-electron chi connectivity index (χ4n) is 4.13. The molecule has 196 valence electrons. The number of hydrogen-bond acceptors (Lipinski definition) is 8. The summed E-state index contributed by atoms with van der Waals surface area (Å²) in [5.41, 5.74) is -0.516. The van der Waals surface area contributed by atoms with E-state index in [2.05, 4.69) is 15.6 Å². The Labute approximate surface area is 215 Å². The Hall–Kier alpha value is -3.58. The first-order chi connectivity index (χ1) is 17.8. The molecule has 4 rings (SSSR count). The van der Waals surface area contributed by atoms with Crippen molar-refractivity contribution < 1.29 is 24.5 Å². The zero-order valence-corrected chi connectivity index (χ0v) is 20.6. The van der Waals surface area contributed by atoms with Crippen LogP contribution in [0.15, 0.2) is 69.7 Å². The summed E-state index contributed by atoms with van der Waals surface area (Å²) in [4.78, 5) is 52.1. The van der Waals surface area contributed by atoms with Crippen molar-refractivity contribution in [2.45, 2.75) is 56.4 Å². The number of aromatic nitrogens is 2. The number of aliphatic hydroxyl groups is 2. The van der Waals surface area contributed by atoms with Gasteiger partial charge in [-0.3, -0.25) is 23.9 Å². The van der Waals surface area contributed by atoms with Crippen molar-refractivity contribution in [2.24, 2.45) is 0 Å². The number of carbonyl (C=O) groups excluding carboxylic acids is 2. The molecule has 2 aromatic heterocycles. The van der Waals surface area contributed by atoms with Gasteiger partial charge in [0.1, 0.15) is 18.2 Å². The summed E-state index contributed by atoms with van der Waals surface area (Å²) in [5, 5.41) is 28.3. The van der Waals surface area contributed by atoms with Gasteiger partial charge in [0, 0.05) is 30.0 Å². The number of aliphatic hydroxyl groups excluding tert-OH is 2. The van der Waals surface area contributed by atoms with Crippen molar-refractivity contribution in [3.8, 4) is 0 Å². The average molecular weight is 529 g/mol. The summed E-state index contributed by atoms with van der Waals surface area (Å²) in [6, 6.07) is 13.4. The molecule has 0 saturated carbocycles. The zero-order valence-electron chi connectivity index (χ0n) is 19.8. The second kappa shape index (κ2) is 12.1. The molecule has 12 heteroatoms. The van der Waals surface area contributed by atoms with Gasteiger partial charge in [0.2, 0.25) is 11.8 Å². The van der Waals surface area contributed by atoms with Crippen LogP contribution in [-0.2, 0) is 27.3 Å². The Morgan fingerprint density at radius 1 is 1.08 bits per heavy atom. The highest BCUT2D eigenvalue weighted by molar-refractivity contribution is 7.09. The fraction of sp³-hybridized carbons (Fsp3) is 0.360. The van der Waals surface area contributed by atoms with E-state index in [1.165, 1.54) is 17.5 Å². The average Bonchev–Trinajstić information content (AvgIpc) is 3.50. The number of H-pyrrole nitrogens is 1. The summed E-state index contributed by atoms with van der Waals surface area (Å²) < 4.78 is 6.63. The van der Waals surface area contributed by atoms with Crippen LogP contribution in [0.2, 0.25) is 0 Å². The summed E-state index contributed by atoms with van der Waals surface area (Å²) in [5.74, 6) is -0.752. The molecular formula is C25H28N4O7S. The van der Waals surface area contributed by atoms with E-state index in [1.54, 1.807) is 0 Å². The number of hydrogen-bond donors (Lipinski definition) is 5. The molecule has 37 heavy (non-hydrogen) atoms. The van der Waals surface area contributed by atoms with Crippen LogP contribution in [0.5, 0.6) is 0 Å². The van der Waals surface area contributed by atoms with Crippen LogP contribution in [0.25, 0.3) is 0 Å². The maximum absolute atomic E-state index is 12.9. The summed E-state index contributed by atoms with van der Waals surface area (Å²) >= 11 is 1.52. The van der Waals surface area contributed by atoms with Crippen LogP contribution in [-0.4, -0.2) is 55.9 Å². The molecule has 1 aromatic carbocycles. The van der Waals surface area contributed by atoms with E-state index in [9.17, 15) is 29.4 Å². The molecule has 11 nitrogen and oxygen atoms in total. The quantitative estimate of drug-likeness (QED) is 0.248. The minimum atomic E-state index is -1.44. The van der Waals surface area contributed by atoms with Crippen LogP contribution in [0.1, 0.15) is 29.5 Å². The first kappa shape index (κ1) is 26.5. The molecule has 5 atom stereocenters. The monoisotopic (exact) mass is 528 g/mol. The van der Waals surface area contributed by atoms with Crippen molar-refractivity contribution in [3.05, 3.63) is 91.4 Å². The number of ether oxygens (including phenoxy) is 1. The van der Waals surface area contributed by atoms with Crippen LogP contribution in [0.3, 0.4) is 0 Å². The van der Waals surface area contributed by atoms with Gasteiger partial charge < -0.3 is 25.6 Å². The lowest BCUT2D eigenvalue weighted by Crippen LogP contribution is -2.48. The van der Waals surface area contributed by atoms with Crippen molar-refractivity contribution in [2.75, 3.05) is 0 Å². The van der Waals surface area contributed by atoms with Crippen molar-refractivity contribution in [1.82, 2.24) is 20.2 Å². The number of nitrogens with zero attached hydrogens (tertiary/aromatic N) is 1. The van der Waals surface area contributed by atoms with E-state index in [0.717, 1.165) is 21.1 Å². The van der Waals surface area contributed by atoms with E-state index < -0.39 is 47.7 Å². The van der Waals surface area contributed by atoms with E-state index in [-0.39, 0.29) is 18.7 Å². The third kappa shape index (κ3) is 6.80. The highest BCUT2D eigenvalue weighted by atomic mass is 32.1. The molecular weight excluding hydrogens is 500 g/mol. The lowest BCUT2D eigenvalue weighted by molar-refractivity contribution is -0.129. The molecule has 1 aliphatic rings. The second-order valence-corrected chi connectivity index (χ2v) is 9.74. The molecule has 2 amide bonds. The molecule has 1 aliphatic heterocycles. The van der Waals surface area contributed by atoms with E-state index in [4.69, 9.17) is 4.74 Å². The van der Waals surface area contributed by atoms with Crippen LogP contribution >= 0.6 is 11.3 Å². The molecule has 1 fully saturated rings. The number of nitrogens with one attached hydrogen (secondary N) is 3. The minimum absolute atomic E-state index is 0.0353. The first-order valence-corrected chi connectivity index (χ1v) is 12.7. The lowest BCUT2D eigenvalue weighted by atomic mass is 10.0. The SMILES string of the molecule is O=C(CC[C@H]1O[C@@H](n2ccc(=O)[nH]c2=O)[C@H](O)[C@@H]1O)N[C@H](Cc1ccccc1)C(=O)NCc1cccs1. The van der Waals surface area contributed by atoms with Gasteiger partial charge >= 0.3 is 5.69 Å². The maximum atomic E-state index is 12.9. The summed E-state index contributed by atoms with van der Waals surface area (Å²) in [7, 11) is 0. The Morgan fingerprint density at radius 2 is 1.86 bits per heavy atom. The number of rotatable bonds is 10. The molecule has 3 aromatic rings. The van der Waals surface area contributed by atoms with Gasteiger partial charge in [-0.2, -0.15) is 0 Å². The van der Waals surface area contributed by atoms with Crippen molar-refractivity contribution in [1.29, 1.82) is 0 Å². The van der Waals surface area contributed by atoms with Gasteiger partial charge in [-0.1, -0.05) is 36.4 Å². The van der Waals surface area contributed by atoms with Crippen LogP contribution in [0.4, 0.5) is 0 Å². The Kier molecular flexibility index (Phi) is 8.66. The molecule has 0 spiro atoms. The van der Waals surface area contributed by atoms with Crippen molar-refractivity contribution >= 4 is 23.2 Å². The predicted octanol–water partition coefficient (Wildman–Crippen LogP) is 0.0414. The van der Waals surface area contributed by atoms with Crippen LogP contribution < -0.4 is 21.9 Å². The van der Waals surface area contributed by atoms with E-state index >= 15 is 0 Å². The molecule has 0 aliphatic carbocycles. The number of thiophene rings is 1. The fourth-order valence-corrected chi connectivity index (χ4v) is 4.78. The maximum Gasteiger partial charge on any atom is 0.330 e. The lowest BCUT2D eigenvalue weighted by Gasteiger charge is -2.20. The number of aromatic amines is 1. The zero-order chi connectivity index (χ0) is 26.4. The molecule has 0 bridgehead atoms. The van der Waals surface area contributed by atoms with Crippen LogP contribution in [0, 0.1) is 0 Å².